The number of aromatic nitrogens is 1. The van der Waals surface area contributed by atoms with Crippen molar-refractivity contribution in [3.05, 3.63) is 196 Å². The summed E-state index contributed by atoms with van der Waals surface area (Å²) in [5.74, 6) is 0. The first-order chi connectivity index (χ1) is 28.2. The maximum Gasteiger partial charge on any atom is 0.0547 e. The van der Waals surface area contributed by atoms with Gasteiger partial charge in [-0.2, -0.15) is 0 Å². The highest BCUT2D eigenvalue weighted by Gasteiger charge is 2.22. The van der Waals surface area contributed by atoms with Crippen LogP contribution < -0.4 is 5.32 Å². The fraction of sp³-hybridized carbons (Fsp3) is 0.143. The molecule has 0 radical (unpaired) electrons. The third kappa shape index (κ3) is 6.12. The highest BCUT2D eigenvalue weighted by atomic mass is 15.0. The summed E-state index contributed by atoms with van der Waals surface area (Å²) in [7, 11) is 0. The molecule has 0 fully saturated rings. The molecule has 1 aliphatic carbocycles. The number of para-hydroxylation sites is 2. The number of hydrogen-bond acceptors (Lipinski definition) is 1. The molecular formula is C56H48N2. The van der Waals surface area contributed by atoms with E-state index in [4.69, 9.17) is 0 Å². The Bertz CT molecular complexity index is 3030. The van der Waals surface area contributed by atoms with Gasteiger partial charge in [0.1, 0.15) is 0 Å². The van der Waals surface area contributed by atoms with Crippen molar-refractivity contribution in [2.45, 2.75) is 54.4 Å². The molecule has 2 heteroatoms. The standard InChI is InChI=1S/C56H48N2/c1-34-25-45(26-35(2)38(34)5)40-20-23-54(57-47-13-9-7-10-14-47)51(30-40)43-19-22-49-42(29-43)17-18-44-32-53-52-31-41(46-27-36(3)39(6)37(4)28-46)21-24-55(52)58(56(53)33-50(44)49)48-15-11-8-12-16-48/h7-16,19-33,57H,17-18H2,1-6H3. The minimum atomic E-state index is 1.00. The Morgan fingerprint density at radius 2 is 0.948 bits per heavy atom. The number of anilines is 2. The third-order valence-corrected chi connectivity index (χ3v) is 13.0. The zero-order valence-electron chi connectivity index (χ0n) is 34.3. The Morgan fingerprint density at radius 1 is 0.397 bits per heavy atom. The van der Waals surface area contributed by atoms with Crippen LogP contribution in [0.1, 0.15) is 44.5 Å². The molecule has 0 saturated carbocycles. The number of nitrogens with zero attached hydrogens (tertiary/aromatic N) is 1. The first kappa shape index (κ1) is 35.8. The van der Waals surface area contributed by atoms with E-state index in [1.165, 1.54) is 117 Å². The van der Waals surface area contributed by atoms with Gasteiger partial charge < -0.3 is 9.88 Å². The second-order valence-corrected chi connectivity index (χ2v) is 16.5. The zero-order chi connectivity index (χ0) is 39.7. The number of aryl methyl sites for hydroxylation is 6. The van der Waals surface area contributed by atoms with Gasteiger partial charge in [0.05, 0.1) is 11.0 Å². The Morgan fingerprint density at radius 3 is 1.60 bits per heavy atom. The molecule has 1 aliphatic rings. The summed E-state index contributed by atoms with van der Waals surface area (Å²) in [5.41, 5.74) is 26.9. The van der Waals surface area contributed by atoms with Crippen molar-refractivity contribution in [3.8, 4) is 50.2 Å². The minimum Gasteiger partial charge on any atom is -0.355 e. The van der Waals surface area contributed by atoms with Gasteiger partial charge in [-0.1, -0.05) is 91.0 Å². The molecule has 1 N–H and O–H groups in total. The van der Waals surface area contributed by atoms with Crippen LogP contribution in [0.3, 0.4) is 0 Å². The van der Waals surface area contributed by atoms with Gasteiger partial charge in [0.2, 0.25) is 0 Å². The molecule has 0 saturated heterocycles. The predicted molar refractivity (Wildman–Crippen MR) is 248 cm³/mol. The molecule has 8 aromatic carbocycles. The second-order valence-electron chi connectivity index (χ2n) is 16.5. The summed E-state index contributed by atoms with van der Waals surface area (Å²) < 4.78 is 2.46. The largest absolute Gasteiger partial charge is 0.355 e. The lowest BCUT2D eigenvalue weighted by molar-refractivity contribution is 0.944. The summed E-state index contributed by atoms with van der Waals surface area (Å²) in [6.07, 6.45) is 2.01. The van der Waals surface area contributed by atoms with Gasteiger partial charge in [0.25, 0.3) is 0 Å². The van der Waals surface area contributed by atoms with E-state index < -0.39 is 0 Å². The highest BCUT2D eigenvalue weighted by Crippen LogP contribution is 2.44. The molecule has 1 aromatic heterocycles. The average molecular weight is 749 g/mol. The Hall–Kier alpha value is -6.64. The first-order valence-electron chi connectivity index (χ1n) is 20.6. The normalized spacial score (nSPS) is 12.2. The van der Waals surface area contributed by atoms with Crippen LogP contribution in [0.5, 0.6) is 0 Å². The number of fused-ring (bicyclic) bond motifs is 6. The molecule has 0 bridgehead atoms. The van der Waals surface area contributed by atoms with Crippen molar-refractivity contribution in [1.82, 2.24) is 4.57 Å². The van der Waals surface area contributed by atoms with Gasteiger partial charge in [-0.05, 0) is 198 Å². The average Bonchev–Trinajstić information content (AvgIpc) is 3.56. The van der Waals surface area contributed by atoms with Gasteiger partial charge in [-0.25, -0.2) is 0 Å². The monoisotopic (exact) mass is 748 g/mol. The van der Waals surface area contributed by atoms with Crippen LogP contribution in [0, 0.1) is 41.5 Å². The molecule has 10 rings (SSSR count). The molecular weight excluding hydrogens is 701 g/mol. The van der Waals surface area contributed by atoms with E-state index in [9.17, 15) is 0 Å². The number of nitrogens with one attached hydrogen (secondary N) is 1. The van der Waals surface area contributed by atoms with Gasteiger partial charge in [0, 0.05) is 33.4 Å². The fourth-order valence-corrected chi connectivity index (χ4v) is 9.26. The summed E-state index contributed by atoms with van der Waals surface area (Å²) in [5, 5.41) is 6.37. The number of benzene rings is 8. The van der Waals surface area contributed by atoms with Crippen LogP contribution in [0.25, 0.3) is 72.0 Å². The predicted octanol–water partition coefficient (Wildman–Crippen LogP) is 15.1. The van der Waals surface area contributed by atoms with Crippen LogP contribution in [-0.2, 0) is 12.8 Å². The van der Waals surface area contributed by atoms with E-state index in [2.05, 4.69) is 203 Å². The van der Waals surface area contributed by atoms with Crippen LogP contribution in [0.4, 0.5) is 11.4 Å². The van der Waals surface area contributed by atoms with Crippen LogP contribution in [-0.4, -0.2) is 4.57 Å². The summed E-state index contributed by atoms with van der Waals surface area (Å²) in [4.78, 5) is 0. The van der Waals surface area contributed by atoms with E-state index in [1.54, 1.807) is 0 Å². The summed E-state index contributed by atoms with van der Waals surface area (Å²) in [6.45, 7) is 13.3. The minimum absolute atomic E-state index is 1.00. The van der Waals surface area contributed by atoms with Crippen molar-refractivity contribution < 1.29 is 0 Å². The lowest BCUT2D eigenvalue weighted by Gasteiger charge is -2.22. The molecule has 0 atom stereocenters. The fourth-order valence-electron chi connectivity index (χ4n) is 9.26. The molecule has 1 heterocycles. The topological polar surface area (TPSA) is 17.0 Å². The van der Waals surface area contributed by atoms with E-state index in [0.717, 1.165) is 24.2 Å². The van der Waals surface area contributed by atoms with Crippen molar-refractivity contribution in [3.63, 3.8) is 0 Å². The maximum atomic E-state index is 3.75. The zero-order valence-corrected chi connectivity index (χ0v) is 34.3. The van der Waals surface area contributed by atoms with E-state index in [0.29, 0.717) is 0 Å². The van der Waals surface area contributed by atoms with Crippen molar-refractivity contribution in [2.75, 3.05) is 5.32 Å². The maximum absolute atomic E-state index is 3.75. The Balaban J connectivity index is 1.12. The quantitative estimate of drug-likeness (QED) is 0.179. The molecule has 0 aliphatic heterocycles. The van der Waals surface area contributed by atoms with Gasteiger partial charge in [0.15, 0.2) is 0 Å². The van der Waals surface area contributed by atoms with Gasteiger partial charge >= 0.3 is 0 Å². The number of rotatable bonds is 6. The third-order valence-electron chi connectivity index (χ3n) is 13.0. The van der Waals surface area contributed by atoms with Crippen LogP contribution in [0.15, 0.2) is 152 Å². The van der Waals surface area contributed by atoms with E-state index in [-0.39, 0.29) is 0 Å². The van der Waals surface area contributed by atoms with Gasteiger partial charge in [-0.3, -0.25) is 0 Å². The molecule has 0 unspecified atom stereocenters. The van der Waals surface area contributed by atoms with Crippen LogP contribution >= 0.6 is 0 Å². The van der Waals surface area contributed by atoms with E-state index in [1.807, 2.05) is 0 Å². The van der Waals surface area contributed by atoms with E-state index >= 15 is 0 Å². The van der Waals surface area contributed by atoms with Crippen molar-refractivity contribution in [1.29, 1.82) is 0 Å². The van der Waals surface area contributed by atoms with Crippen molar-refractivity contribution in [2.24, 2.45) is 0 Å². The molecule has 2 nitrogen and oxygen atoms in total. The van der Waals surface area contributed by atoms with Crippen molar-refractivity contribution >= 4 is 33.2 Å². The molecule has 9 aromatic rings. The Labute approximate surface area is 342 Å². The second kappa shape index (κ2) is 14.1. The summed E-state index contributed by atoms with van der Waals surface area (Å²) >= 11 is 0. The molecule has 58 heavy (non-hydrogen) atoms. The highest BCUT2D eigenvalue weighted by molar-refractivity contribution is 6.12. The smallest absolute Gasteiger partial charge is 0.0547 e. The SMILES string of the molecule is Cc1cc(-c2ccc(Nc3ccccc3)c(-c3ccc4c(c3)CCc3cc5c6cc(-c7cc(C)c(C)c(C)c7)ccc6n(-c6ccccc6)c5cc3-4)c2)cc(C)c1C. The van der Waals surface area contributed by atoms with Crippen LogP contribution in [0.2, 0.25) is 0 Å². The lowest BCUT2D eigenvalue weighted by atomic mass is 9.83. The molecule has 0 spiro atoms. The first-order valence-corrected chi connectivity index (χ1v) is 20.6. The summed E-state index contributed by atoms with van der Waals surface area (Å²) in [6, 6.07) is 56.8. The Kier molecular flexibility index (Phi) is 8.68. The number of hydrogen-bond donors (Lipinski definition) is 1. The lowest BCUT2D eigenvalue weighted by Crippen LogP contribution is -2.05. The molecule has 0 amide bonds. The molecule has 282 valence electrons. The van der Waals surface area contributed by atoms with Gasteiger partial charge in [-0.15, -0.1) is 0 Å².